The molecule has 4 rings (SSSR count). The number of phenolic OH excluding ortho intramolecular Hbond substituents is 1. The van der Waals surface area contributed by atoms with E-state index in [9.17, 15) is 14.7 Å². The van der Waals surface area contributed by atoms with Crippen molar-refractivity contribution in [2.24, 2.45) is 0 Å². The van der Waals surface area contributed by atoms with Crippen LogP contribution in [0.5, 0.6) is 5.75 Å². The number of hydrogen-bond donors (Lipinski definition) is 2. The number of nitrogens with zero attached hydrogens (tertiary/aromatic N) is 3. The van der Waals surface area contributed by atoms with Crippen LogP contribution in [0.15, 0.2) is 66.0 Å². The number of aromatic hydroxyl groups is 1. The molecule has 1 aromatic carbocycles. The molecule has 168 valence electrons. The highest BCUT2D eigenvalue weighted by Gasteiger charge is 2.12. The molecule has 0 unspecified atom stereocenters. The summed E-state index contributed by atoms with van der Waals surface area (Å²) in [4.78, 5) is 33.7. The first-order valence-corrected chi connectivity index (χ1v) is 10.9. The molecule has 0 saturated heterocycles. The number of hydrogen-bond acceptors (Lipinski definition) is 5. The van der Waals surface area contributed by atoms with Crippen LogP contribution >= 0.6 is 0 Å². The van der Waals surface area contributed by atoms with E-state index in [0.29, 0.717) is 42.8 Å². The van der Waals surface area contributed by atoms with Gasteiger partial charge in [-0.15, -0.1) is 0 Å². The number of carbonyl (C=O) groups excluding carboxylic acids is 1. The summed E-state index contributed by atoms with van der Waals surface area (Å²) in [5.41, 5.74) is 4.69. The number of aromatic nitrogens is 4. The largest absolute Gasteiger partial charge is 0.507 e. The number of aryl methyl sites for hydroxylation is 4. The van der Waals surface area contributed by atoms with Crippen molar-refractivity contribution < 1.29 is 9.90 Å². The fourth-order valence-corrected chi connectivity index (χ4v) is 3.89. The Morgan fingerprint density at radius 3 is 2.45 bits per heavy atom. The molecule has 0 atom stereocenters. The summed E-state index contributed by atoms with van der Waals surface area (Å²) in [6, 6.07) is 11.2. The highest BCUT2D eigenvalue weighted by Crippen LogP contribution is 2.23. The van der Waals surface area contributed by atoms with Gasteiger partial charge in [0.05, 0.1) is 5.56 Å². The molecule has 4 aromatic rings. The van der Waals surface area contributed by atoms with Gasteiger partial charge in [-0.3, -0.25) is 19.7 Å². The number of pyridine rings is 2. The van der Waals surface area contributed by atoms with E-state index in [1.54, 1.807) is 30.9 Å². The van der Waals surface area contributed by atoms with Crippen LogP contribution < -0.4 is 5.56 Å². The molecule has 3 aromatic heterocycles. The van der Waals surface area contributed by atoms with E-state index in [-0.39, 0.29) is 11.3 Å². The van der Waals surface area contributed by atoms with Crippen LogP contribution in [0, 0.1) is 13.8 Å². The summed E-state index contributed by atoms with van der Waals surface area (Å²) < 4.78 is 1.39. The van der Waals surface area contributed by atoms with Crippen LogP contribution in [0.1, 0.15) is 35.1 Å². The molecule has 0 spiro atoms. The lowest BCUT2D eigenvalue weighted by molar-refractivity contribution is -0.119. The zero-order valence-corrected chi connectivity index (χ0v) is 18.7. The standard InChI is InChI=1S/C26H26N4O3/c1-17-12-20(13-18(2)25(17)32)6-8-22(31)7-5-19-9-11-28-24(14-19)30-26(33)23(16-29-30)21-4-3-10-27-15-21/h3-4,9-16,29,32H,5-8H2,1-2H3. The summed E-state index contributed by atoms with van der Waals surface area (Å²) in [7, 11) is 0. The number of phenols is 1. The van der Waals surface area contributed by atoms with Crippen molar-refractivity contribution in [3.63, 3.8) is 0 Å². The number of Topliss-reactive ketones (excluding diaryl/α,β-unsaturated/α-hetero) is 1. The third-order valence-electron chi connectivity index (χ3n) is 5.72. The first-order valence-electron chi connectivity index (χ1n) is 10.9. The van der Waals surface area contributed by atoms with Gasteiger partial charge < -0.3 is 5.11 Å². The number of carbonyl (C=O) groups is 1. The second-order valence-corrected chi connectivity index (χ2v) is 8.21. The van der Waals surface area contributed by atoms with Gasteiger partial charge in [0.15, 0.2) is 5.82 Å². The molecule has 0 bridgehead atoms. The predicted molar refractivity (Wildman–Crippen MR) is 127 cm³/mol. The van der Waals surface area contributed by atoms with Gasteiger partial charge in [-0.05, 0) is 67.1 Å². The van der Waals surface area contributed by atoms with Crippen molar-refractivity contribution in [1.82, 2.24) is 19.7 Å². The maximum absolute atomic E-state index is 12.8. The average Bonchev–Trinajstić information content (AvgIpc) is 3.21. The van der Waals surface area contributed by atoms with Crippen molar-refractivity contribution >= 4 is 5.78 Å². The van der Waals surface area contributed by atoms with Gasteiger partial charge in [0.1, 0.15) is 11.5 Å². The fraction of sp³-hybridized carbons (Fsp3) is 0.231. The molecule has 0 aliphatic carbocycles. The smallest absolute Gasteiger partial charge is 0.280 e. The molecule has 0 fully saturated rings. The fourth-order valence-electron chi connectivity index (χ4n) is 3.89. The minimum atomic E-state index is -0.205. The number of nitrogens with one attached hydrogen (secondary N) is 1. The van der Waals surface area contributed by atoms with E-state index in [2.05, 4.69) is 15.1 Å². The molecule has 0 radical (unpaired) electrons. The Balaban J connectivity index is 1.39. The second kappa shape index (κ2) is 9.65. The highest BCUT2D eigenvalue weighted by molar-refractivity contribution is 5.79. The third kappa shape index (κ3) is 5.09. The third-order valence-corrected chi connectivity index (χ3v) is 5.72. The zero-order valence-electron chi connectivity index (χ0n) is 18.7. The average molecular weight is 443 g/mol. The molecule has 7 heteroatoms. The minimum Gasteiger partial charge on any atom is -0.507 e. The van der Waals surface area contributed by atoms with Crippen molar-refractivity contribution in [2.75, 3.05) is 0 Å². The Bertz CT molecular complexity index is 1320. The Labute approximate surface area is 191 Å². The number of aromatic amines is 1. The van der Waals surface area contributed by atoms with Crippen LogP contribution in [0.2, 0.25) is 0 Å². The van der Waals surface area contributed by atoms with Crippen molar-refractivity contribution in [2.45, 2.75) is 39.5 Å². The first kappa shape index (κ1) is 22.2. The van der Waals surface area contributed by atoms with Gasteiger partial charge in [0.2, 0.25) is 0 Å². The number of H-pyrrole nitrogens is 1. The van der Waals surface area contributed by atoms with Crippen LogP contribution in [0.4, 0.5) is 0 Å². The van der Waals surface area contributed by atoms with Crippen LogP contribution in [-0.4, -0.2) is 30.6 Å². The summed E-state index contributed by atoms with van der Waals surface area (Å²) >= 11 is 0. The number of rotatable bonds is 8. The highest BCUT2D eigenvalue weighted by atomic mass is 16.3. The van der Waals surface area contributed by atoms with Gasteiger partial charge in [0, 0.05) is 43.2 Å². The van der Waals surface area contributed by atoms with E-state index in [1.807, 2.05) is 44.2 Å². The molecule has 0 aliphatic heterocycles. The summed E-state index contributed by atoms with van der Waals surface area (Å²) in [5, 5.41) is 12.9. The summed E-state index contributed by atoms with van der Waals surface area (Å²) in [6.07, 6.45) is 8.69. The molecular weight excluding hydrogens is 416 g/mol. The Hall–Kier alpha value is -4.00. The van der Waals surface area contributed by atoms with E-state index < -0.39 is 0 Å². The van der Waals surface area contributed by atoms with E-state index in [0.717, 1.165) is 27.8 Å². The zero-order chi connectivity index (χ0) is 23.4. The molecule has 3 heterocycles. The van der Waals surface area contributed by atoms with Crippen LogP contribution in [-0.2, 0) is 17.6 Å². The lowest BCUT2D eigenvalue weighted by Gasteiger charge is -2.08. The minimum absolute atomic E-state index is 0.174. The van der Waals surface area contributed by atoms with Crippen molar-refractivity contribution in [3.8, 4) is 22.7 Å². The quantitative estimate of drug-likeness (QED) is 0.428. The monoisotopic (exact) mass is 442 g/mol. The Morgan fingerprint density at radius 2 is 1.76 bits per heavy atom. The van der Waals surface area contributed by atoms with Gasteiger partial charge in [0.25, 0.3) is 5.56 Å². The van der Waals surface area contributed by atoms with Gasteiger partial charge in [-0.2, -0.15) is 0 Å². The van der Waals surface area contributed by atoms with Gasteiger partial charge >= 0.3 is 0 Å². The summed E-state index contributed by atoms with van der Waals surface area (Å²) in [5.74, 6) is 0.968. The summed E-state index contributed by atoms with van der Waals surface area (Å²) in [6.45, 7) is 3.73. The molecule has 33 heavy (non-hydrogen) atoms. The van der Waals surface area contributed by atoms with Crippen LogP contribution in [0.25, 0.3) is 16.9 Å². The first-order chi connectivity index (χ1) is 15.9. The van der Waals surface area contributed by atoms with E-state index >= 15 is 0 Å². The Morgan fingerprint density at radius 1 is 1.03 bits per heavy atom. The molecular formula is C26H26N4O3. The predicted octanol–water partition coefficient (Wildman–Crippen LogP) is 4.08. The van der Waals surface area contributed by atoms with E-state index in [4.69, 9.17) is 0 Å². The van der Waals surface area contributed by atoms with Gasteiger partial charge in [-0.1, -0.05) is 18.2 Å². The molecule has 0 amide bonds. The van der Waals surface area contributed by atoms with Crippen LogP contribution in [0.3, 0.4) is 0 Å². The topological polar surface area (TPSA) is 101 Å². The second-order valence-electron chi connectivity index (χ2n) is 8.21. The molecule has 2 N–H and O–H groups in total. The molecule has 7 nitrogen and oxygen atoms in total. The van der Waals surface area contributed by atoms with Crippen molar-refractivity contribution in [3.05, 3.63) is 93.8 Å². The normalized spacial score (nSPS) is 11.0. The number of ketones is 1. The SMILES string of the molecule is Cc1cc(CCC(=O)CCc2ccnc(-n3[nH]cc(-c4cccnc4)c3=O)c2)cc(C)c1O. The Kier molecular flexibility index (Phi) is 6.49. The molecule has 0 aliphatic rings. The van der Waals surface area contributed by atoms with E-state index in [1.165, 1.54) is 4.68 Å². The number of benzene rings is 1. The lowest BCUT2D eigenvalue weighted by atomic mass is 9.99. The van der Waals surface area contributed by atoms with Gasteiger partial charge in [-0.25, -0.2) is 9.67 Å². The maximum Gasteiger partial charge on any atom is 0.280 e. The molecule has 0 saturated carbocycles. The maximum atomic E-state index is 12.8. The lowest BCUT2D eigenvalue weighted by Crippen LogP contribution is -2.17. The van der Waals surface area contributed by atoms with Crippen molar-refractivity contribution in [1.29, 1.82) is 0 Å².